The number of nitrogen functional groups attached to an aromatic ring is 1. The third kappa shape index (κ3) is 3.60. The second-order valence-corrected chi connectivity index (χ2v) is 9.48. The molecule has 0 amide bonds. The molecule has 4 nitrogen and oxygen atoms in total. The second kappa shape index (κ2) is 5.89. The SMILES string of the molecule is CN(C1CCC(C)(C)CC1)S(=O)(=O)c1ccc(Br)cc1N. The first-order valence-corrected chi connectivity index (χ1v) is 9.40. The Hall–Kier alpha value is -0.590. The van der Waals surface area contributed by atoms with E-state index in [-0.39, 0.29) is 16.6 Å². The topological polar surface area (TPSA) is 63.4 Å². The van der Waals surface area contributed by atoms with Gasteiger partial charge < -0.3 is 5.73 Å². The summed E-state index contributed by atoms with van der Waals surface area (Å²) in [5.74, 6) is 0. The fourth-order valence-electron chi connectivity index (χ4n) is 2.85. The molecule has 0 unspecified atom stereocenters. The van der Waals surface area contributed by atoms with E-state index in [0.717, 1.165) is 30.2 Å². The van der Waals surface area contributed by atoms with E-state index in [1.807, 2.05) is 0 Å². The summed E-state index contributed by atoms with van der Waals surface area (Å²) in [7, 11) is -1.87. The van der Waals surface area contributed by atoms with Crippen LogP contribution in [-0.4, -0.2) is 25.8 Å². The molecule has 118 valence electrons. The fraction of sp³-hybridized carbons (Fsp3) is 0.600. The van der Waals surface area contributed by atoms with Crippen LogP contribution in [0.3, 0.4) is 0 Å². The van der Waals surface area contributed by atoms with Crippen LogP contribution >= 0.6 is 15.9 Å². The molecule has 1 aliphatic rings. The summed E-state index contributed by atoms with van der Waals surface area (Å²) in [6, 6.07) is 4.97. The van der Waals surface area contributed by atoms with Crippen LogP contribution in [0, 0.1) is 5.41 Å². The molecule has 0 atom stereocenters. The molecular formula is C15H23BrN2O2S. The van der Waals surface area contributed by atoms with Gasteiger partial charge in [-0.05, 0) is 49.3 Å². The van der Waals surface area contributed by atoms with Gasteiger partial charge in [0.2, 0.25) is 10.0 Å². The van der Waals surface area contributed by atoms with E-state index in [4.69, 9.17) is 5.73 Å². The first-order chi connectivity index (χ1) is 9.63. The quantitative estimate of drug-likeness (QED) is 0.821. The summed E-state index contributed by atoms with van der Waals surface area (Å²) in [4.78, 5) is 0.193. The van der Waals surface area contributed by atoms with E-state index in [0.29, 0.717) is 5.41 Å². The maximum absolute atomic E-state index is 12.8. The highest BCUT2D eigenvalue weighted by Gasteiger charge is 2.34. The fourth-order valence-corrected chi connectivity index (χ4v) is 4.74. The Kier molecular flexibility index (Phi) is 4.71. The molecule has 1 fully saturated rings. The summed E-state index contributed by atoms with van der Waals surface area (Å²) < 4.78 is 27.8. The van der Waals surface area contributed by atoms with Crippen LogP contribution in [0.5, 0.6) is 0 Å². The summed E-state index contributed by atoms with van der Waals surface area (Å²) in [5.41, 5.74) is 6.48. The number of anilines is 1. The molecule has 1 aromatic rings. The number of rotatable bonds is 3. The van der Waals surface area contributed by atoms with E-state index >= 15 is 0 Å². The summed E-state index contributed by atoms with van der Waals surface area (Å²) in [6.07, 6.45) is 3.90. The van der Waals surface area contributed by atoms with Crippen LogP contribution in [0.1, 0.15) is 39.5 Å². The molecule has 1 aliphatic carbocycles. The Morgan fingerprint density at radius 3 is 2.38 bits per heavy atom. The average molecular weight is 375 g/mol. The van der Waals surface area contributed by atoms with Crippen molar-refractivity contribution < 1.29 is 8.42 Å². The van der Waals surface area contributed by atoms with Crippen LogP contribution in [0.2, 0.25) is 0 Å². The van der Waals surface area contributed by atoms with Gasteiger partial charge in [-0.2, -0.15) is 4.31 Å². The number of hydrogen-bond donors (Lipinski definition) is 1. The van der Waals surface area contributed by atoms with E-state index < -0.39 is 10.0 Å². The zero-order valence-corrected chi connectivity index (χ0v) is 15.2. The van der Waals surface area contributed by atoms with Crippen molar-refractivity contribution in [2.45, 2.75) is 50.5 Å². The molecule has 0 saturated heterocycles. The molecule has 21 heavy (non-hydrogen) atoms. The first kappa shape index (κ1) is 16.8. The van der Waals surface area contributed by atoms with Crippen molar-refractivity contribution in [3.8, 4) is 0 Å². The van der Waals surface area contributed by atoms with Gasteiger partial charge >= 0.3 is 0 Å². The van der Waals surface area contributed by atoms with Crippen molar-refractivity contribution in [1.29, 1.82) is 0 Å². The van der Waals surface area contributed by atoms with Gasteiger partial charge in [-0.15, -0.1) is 0 Å². The normalized spacial score (nSPS) is 19.9. The number of benzene rings is 1. The monoisotopic (exact) mass is 374 g/mol. The Morgan fingerprint density at radius 1 is 1.29 bits per heavy atom. The van der Waals surface area contributed by atoms with Crippen molar-refractivity contribution in [2.24, 2.45) is 5.41 Å². The van der Waals surface area contributed by atoms with Gasteiger partial charge in [0, 0.05) is 17.6 Å². The van der Waals surface area contributed by atoms with Crippen LogP contribution < -0.4 is 5.73 Å². The lowest BCUT2D eigenvalue weighted by atomic mass is 9.76. The van der Waals surface area contributed by atoms with Gasteiger partial charge in [0.1, 0.15) is 4.90 Å². The predicted molar refractivity (Wildman–Crippen MR) is 89.5 cm³/mol. The van der Waals surface area contributed by atoms with E-state index in [2.05, 4.69) is 29.8 Å². The minimum absolute atomic E-state index is 0.0612. The van der Waals surface area contributed by atoms with Gasteiger partial charge in [0.05, 0.1) is 5.69 Å². The number of hydrogen-bond acceptors (Lipinski definition) is 3. The molecule has 2 N–H and O–H groups in total. The Labute approximate surface area is 135 Å². The Bertz CT molecular complexity index is 619. The van der Waals surface area contributed by atoms with Crippen LogP contribution in [0.15, 0.2) is 27.6 Å². The van der Waals surface area contributed by atoms with E-state index in [1.54, 1.807) is 25.2 Å². The van der Waals surface area contributed by atoms with Gasteiger partial charge in [-0.1, -0.05) is 29.8 Å². The highest BCUT2D eigenvalue weighted by molar-refractivity contribution is 9.10. The number of halogens is 1. The molecule has 6 heteroatoms. The molecule has 1 saturated carbocycles. The number of sulfonamides is 1. The summed E-state index contributed by atoms with van der Waals surface area (Å²) in [6.45, 7) is 4.48. The molecule has 0 bridgehead atoms. The maximum atomic E-state index is 12.8. The molecular weight excluding hydrogens is 352 g/mol. The minimum Gasteiger partial charge on any atom is -0.398 e. The van der Waals surface area contributed by atoms with Crippen LogP contribution in [-0.2, 0) is 10.0 Å². The van der Waals surface area contributed by atoms with Gasteiger partial charge in [0.15, 0.2) is 0 Å². The number of nitrogens with zero attached hydrogens (tertiary/aromatic N) is 1. The highest BCUT2D eigenvalue weighted by atomic mass is 79.9. The standard InChI is InChI=1S/C15H23BrN2O2S/c1-15(2)8-6-12(7-9-15)18(3)21(19,20)14-5-4-11(16)10-13(14)17/h4-5,10,12H,6-9,17H2,1-3H3. The largest absolute Gasteiger partial charge is 0.398 e. The Morgan fingerprint density at radius 2 is 1.86 bits per heavy atom. The summed E-state index contributed by atoms with van der Waals surface area (Å²) >= 11 is 3.30. The molecule has 0 spiro atoms. The van der Waals surface area contributed by atoms with Crippen LogP contribution in [0.25, 0.3) is 0 Å². The van der Waals surface area contributed by atoms with Gasteiger partial charge in [-0.3, -0.25) is 0 Å². The lowest BCUT2D eigenvalue weighted by Gasteiger charge is -2.38. The molecule has 0 heterocycles. The van der Waals surface area contributed by atoms with Crippen molar-refractivity contribution in [2.75, 3.05) is 12.8 Å². The minimum atomic E-state index is -3.54. The van der Waals surface area contributed by atoms with Gasteiger partial charge in [-0.25, -0.2) is 8.42 Å². The third-order valence-corrected chi connectivity index (χ3v) is 6.93. The third-order valence-electron chi connectivity index (χ3n) is 4.45. The highest BCUT2D eigenvalue weighted by Crippen LogP contribution is 2.38. The lowest BCUT2D eigenvalue weighted by Crippen LogP contribution is -2.41. The van der Waals surface area contributed by atoms with E-state index in [1.165, 1.54) is 4.31 Å². The zero-order chi connectivity index (χ0) is 15.8. The maximum Gasteiger partial charge on any atom is 0.245 e. The molecule has 2 rings (SSSR count). The molecule has 0 radical (unpaired) electrons. The lowest BCUT2D eigenvalue weighted by molar-refractivity contribution is 0.174. The van der Waals surface area contributed by atoms with Gasteiger partial charge in [0.25, 0.3) is 0 Å². The van der Waals surface area contributed by atoms with Crippen molar-refractivity contribution in [3.05, 3.63) is 22.7 Å². The smallest absolute Gasteiger partial charge is 0.245 e. The molecule has 1 aromatic carbocycles. The van der Waals surface area contributed by atoms with Crippen molar-refractivity contribution >= 4 is 31.6 Å². The molecule has 0 aromatic heterocycles. The predicted octanol–water partition coefficient (Wildman–Crippen LogP) is 3.62. The van der Waals surface area contributed by atoms with Crippen molar-refractivity contribution in [1.82, 2.24) is 4.31 Å². The number of nitrogens with two attached hydrogens (primary N) is 1. The second-order valence-electron chi connectivity index (χ2n) is 6.60. The molecule has 0 aliphatic heterocycles. The first-order valence-electron chi connectivity index (χ1n) is 7.16. The zero-order valence-electron chi connectivity index (χ0n) is 12.8. The summed E-state index contributed by atoms with van der Waals surface area (Å²) in [5, 5.41) is 0. The Balaban J connectivity index is 2.23. The van der Waals surface area contributed by atoms with E-state index in [9.17, 15) is 8.42 Å². The van der Waals surface area contributed by atoms with Crippen LogP contribution in [0.4, 0.5) is 5.69 Å². The van der Waals surface area contributed by atoms with Crippen molar-refractivity contribution in [3.63, 3.8) is 0 Å². The average Bonchev–Trinajstić information content (AvgIpc) is 2.37.